The molecule has 0 radical (unpaired) electrons. The van der Waals surface area contributed by atoms with Gasteiger partial charge in [0.15, 0.2) is 11.5 Å². The van der Waals surface area contributed by atoms with Crippen molar-refractivity contribution in [2.75, 3.05) is 18.5 Å². The monoisotopic (exact) mass is 351 g/mol. The fraction of sp³-hybridized carbons (Fsp3) is 0.375. The largest absolute Gasteiger partial charge is 0.433 e. The lowest BCUT2D eigenvalue weighted by Crippen LogP contribution is -2.42. The average Bonchev–Trinajstić information content (AvgIpc) is 3.10. The van der Waals surface area contributed by atoms with Crippen LogP contribution in [0.5, 0.6) is 0 Å². The fourth-order valence-corrected chi connectivity index (χ4v) is 2.84. The molecule has 6 nitrogen and oxygen atoms in total. The van der Waals surface area contributed by atoms with Crippen LogP contribution >= 0.6 is 0 Å². The van der Waals surface area contributed by atoms with Crippen LogP contribution in [0.15, 0.2) is 30.6 Å². The molecule has 2 aromatic rings. The number of pyridine rings is 1. The zero-order valence-corrected chi connectivity index (χ0v) is 13.4. The second kappa shape index (κ2) is 6.66. The van der Waals surface area contributed by atoms with Crippen LogP contribution < -0.4 is 10.2 Å². The number of likely N-dealkylation sites (N-methyl/N-ethyl adjacent to an activating group) is 1. The Labute approximate surface area is 142 Å². The molecular weight excluding hydrogens is 335 g/mol. The predicted octanol–water partition coefficient (Wildman–Crippen LogP) is 2.27. The SMILES string of the molecule is CNC(=O)C1CCCN1c1cc(C(F)(F)F)nc(-c2ccncc2)n1. The van der Waals surface area contributed by atoms with E-state index in [2.05, 4.69) is 20.3 Å². The molecule has 1 amide bonds. The van der Waals surface area contributed by atoms with E-state index in [1.807, 2.05) is 0 Å². The van der Waals surface area contributed by atoms with Crippen LogP contribution in [0, 0.1) is 0 Å². The number of amides is 1. The molecule has 0 spiro atoms. The predicted molar refractivity (Wildman–Crippen MR) is 84.7 cm³/mol. The van der Waals surface area contributed by atoms with E-state index in [0.29, 0.717) is 24.9 Å². The van der Waals surface area contributed by atoms with Crippen LogP contribution in [0.1, 0.15) is 18.5 Å². The Kier molecular flexibility index (Phi) is 4.56. The normalized spacial score (nSPS) is 17.6. The van der Waals surface area contributed by atoms with E-state index in [1.54, 1.807) is 17.0 Å². The van der Waals surface area contributed by atoms with Crippen molar-refractivity contribution in [2.45, 2.75) is 25.1 Å². The van der Waals surface area contributed by atoms with Gasteiger partial charge in [0, 0.05) is 37.6 Å². The van der Waals surface area contributed by atoms with Crippen molar-refractivity contribution in [1.82, 2.24) is 20.3 Å². The molecule has 0 aliphatic carbocycles. The Morgan fingerprint density at radius 1 is 1.28 bits per heavy atom. The van der Waals surface area contributed by atoms with E-state index >= 15 is 0 Å². The number of carbonyl (C=O) groups excluding carboxylic acids is 1. The molecule has 1 unspecified atom stereocenters. The molecule has 1 N–H and O–H groups in total. The van der Waals surface area contributed by atoms with Crippen LogP contribution in [0.25, 0.3) is 11.4 Å². The highest BCUT2D eigenvalue weighted by atomic mass is 19.4. The molecule has 132 valence electrons. The van der Waals surface area contributed by atoms with Crippen molar-refractivity contribution < 1.29 is 18.0 Å². The van der Waals surface area contributed by atoms with Gasteiger partial charge in [0.25, 0.3) is 0 Å². The number of nitrogens with one attached hydrogen (secondary N) is 1. The van der Waals surface area contributed by atoms with E-state index in [4.69, 9.17) is 0 Å². The first-order valence-electron chi connectivity index (χ1n) is 7.75. The zero-order valence-electron chi connectivity index (χ0n) is 13.4. The van der Waals surface area contributed by atoms with Crippen molar-refractivity contribution in [1.29, 1.82) is 0 Å². The summed E-state index contributed by atoms with van der Waals surface area (Å²) >= 11 is 0. The maximum Gasteiger partial charge on any atom is 0.433 e. The number of aromatic nitrogens is 3. The second-order valence-electron chi connectivity index (χ2n) is 5.63. The highest BCUT2D eigenvalue weighted by Gasteiger charge is 2.37. The maximum atomic E-state index is 13.3. The standard InChI is InChI=1S/C16H16F3N5O/c1-20-15(25)11-3-2-8-24(11)13-9-12(16(17,18)19)22-14(23-13)10-4-6-21-7-5-10/h4-7,9,11H,2-3,8H2,1H3,(H,20,25). The molecule has 1 saturated heterocycles. The number of nitrogens with zero attached hydrogens (tertiary/aromatic N) is 4. The van der Waals surface area contributed by atoms with Gasteiger partial charge >= 0.3 is 6.18 Å². The lowest BCUT2D eigenvalue weighted by atomic mass is 10.2. The van der Waals surface area contributed by atoms with Crippen molar-refractivity contribution in [3.05, 3.63) is 36.3 Å². The Balaban J connectivity index is 2.08. The summed E-state index contributed by atoms with van der Waals surface area (Å²) < 4.78 is 39.8. The van der Waals surface area contributed by atoms with Gasteiger partial charge in [-0.25, -0.2) is 9.97 Å². The number of hydrogen-bond donors (Lipinski definition) is 1. The van der Waals surface area contributed by atoms with E-state index in [1.165, 1.54) is 19.4 Å². The van der Waals surface area contributed by atoms with E-state index in [0.717, 1.165) is 6.07 Å². The van der Waals surface area contributed by atoms with Gasteiger partial charge < -0.3 is 10.2 Å². The number of rotatable bonds is 3. The molecule has 0 aromatic carbocycles. The third-order valence-electron chi connectivity index (χ3n) is 4.04. The molecule has 1 aliphatic rings. The summed E-state index contributed by atoms with van der Waals surface area (Å²) in [6.45, 7) is 0.460. The smallest absolute Gasteiger partial charge is 0.357 e. The molecule has 1 atom stereocenters. The molecule has 0 saturated carbocycles. The van der Waals surface area contributed by atoms with E-state index in [9.17, 15) is 18.0 Å². The van der Waals surface area contributed by atoms with Gasteiger partial charge in [0.05, 0.1) is 0 Å². The summed E-state index contributed by atoms with van der Waals surface area (Å²) in [7, 11) is 1.50. The Morgan fingerprint density at radius 2 is 2.00 bits per heavy atom. The van der Waals surface area contributed by atoms with Gasteiger partial charge in [-0.05, 0) is 25.0 Å². The molecule has 9 heteroatoms. The third kappa shape index (κ3) is 3.54. The summed E-state index contributed by atoms with van der Waals surface area (Å²) in [6.07, 6.45) is -0.422. The van der Waals surface area contributed by atoms with Gasteiger partial charge in [0.2, 0.25) is 5.91 Å². The molecule has 2 aromatic heterocycles. The summed E-state index contributed by atoms with van der Waals surface area (Å²) in [6, 6.07) is 3.44. The number of halogens is 3. The minimum absolute atomic E-state index is 0.0465. The number of alkyl halides is 3. The van der Waals surface area contributed by atoms with Crippen LogP contribution in [0.2, 0.25) is 0 Å². The van der Waals surface area contributed by atoms with E-state index < -0.39 is 17.9 Å². The summed E-state index contributed by atoms with van der Waals surface area (Å²) in [5.41, 5.74) is -0.607. The van der Waals surface area contributed by atoms with Gasteiger partial charge in [-0.15, -0.1) is 0 Å². The van der Waals surface area contributed by atoms with E-state index in [-0.39, 0.29) is 17.5 Å². The highest BCUT2D eigenvalue weighted by molar-refractivity contribution is 5.85. The van der Waals surface area contributed by atoms with Crippen molar-refractivity contribution in [3.63, 3.8) is 0 Å². The Bertz CT molecular complexity index is 766. The number of carbonyl (C=O) groups is 1. The Morgan fingerprint density at radius 3 is 2.64 bits per heavy atom. The molecule has 0 bridgehead atoms. The topological polar surface area (TPSA) is 71.0 Å². The zero-order chi connectivity index (χ0) is 18.0. The third-order valence-corrected chi connectivity index (χ3v) is 4.04. The van der Waals surface area contributed by atoms with Gasteiger partial charge in [-0.1, -0.05) is 0 Å². The van der Waals surface area contributed by atoms with Gasteiger partial charge in [0.1, 0.15) is 11.9 Å². The summed E-state index contributed by atoms with van der Waals surface area (Å²) in [4.78, 5) is 25.4. The van der Waals surface area contributed by atoms with Gasteiger partial charge in [-0.2, -0.15) is 13.2 Å². The fourth-order valence-electron chi connectivity index (χ4n) is 2.84. The molecular formula is C16H16F3N5O. The number of anilines is 1. The lowest BCUT2D eigenvalue weighted by Gasteiger charge is -2.25. The molecule has 3 rings (SSSR count). The summed E-state index contributed by atoms with van der Waals surface area (Å²) in [5.74, 6) is -0.190. The minimum atomic E-state index is -4.61. The number of hydrogen-bond acceptors (Lipinski definition) is 5. The quantitative estimate of drug-likeness (QED) is 0.919. The van der Waals surface area contributed by atoms with Crippen molar-refractivity contribution >= 4 is 11.7 Å². The van der Waals surface area contributed by atoms with Crippen LogP contribution in [-0.2, 0) is 11.0 Å². The van der Waals surface area contributed by atoms with Crippen LogP contribution in [0.3, 0.4) is 0 Å². The lowest BCUT2D eigenvalue weighted by molar-refractivity contribution is -0.141. The summed E-state index contributed by atoms with van der Waals surface area (Å²) in [5, 5.41) is 2.54. The van der Waals surface area contributed by atoms with Gasteiger partial charge in [-0.3, -0.25) is 9.78 Å². The maximum absolute atomic E-state index is 13.3. The second-order valence-corrected chi connectivity index (χ2v) is 5.63. The minimum Gasteiger partial charge on any atom is -0.357 e. The molecule has 1 aliphatic heterocycles. The van der Waals surface area contributed by atoms with Crippen LogP contribution in [0.4, 0.5) is 19.0 Å². The van der Waals surface area contributed by atoms with Crippen LogP contribution in [-0.4, -0.2) is 40.5 Å². The van der Waals surface area contributed by atoms with Crippen molar-refractivity contribution in [2.24, 2.45) is 0 Å². The first-order chi connectivity index (χ1) is 11.9. The molecule has 1 fully saturated rings. The highest BCUT2D eigenvalue weighted by Crippen LogP contribution is 2.33. The molecule has 25 heavy (non-hydrogen) atoms. The average molecular weight is 351 g/mol. The Hall–Kier alpha value is -2.71. The van der Waals surface area contributed by atoms with Crippen molar-refractivity contribution in [3.8, 4) is 11.4 Å². The molecule has 3 heterocycles. The first-order valence-corrected chi connectivity index (χ1v) is 7.75. The first kappa shape index (κ1) is 17.1.